The van der Waals surface area contributed by atoms with E-state index in [9.17, 15) is 0 Å². The Bertz CT molecular complexity index is 3340. The van der Waals surface area contributed by atoms with Crippen LogP contribution in [-0.2, 0) is 29.1 Å². The highest BCUT2D eigenvalue weighted by Gasteiger charge is 2.43. The number of fused-ring (bicyclic) bond motifs is 3. The third-order valence-electron chi connectivity index (χ3n) is 20.1. The van der Waals surface area contributed by atoms with Crippen LogP contribution in [0.4, 0.5) is 34.1 Å². The summed E-state index contributed by atoms with van der Waals surface area (Å²) in [6.45, 7) is 23.6. The van der Waals surface area contributed by atoms with Crippen molar-refractivity contribution >= 4 is 34.1 Å². The molecule has 0 saturated carbocycles. The lowest BCUT2D eigenvalue weighted by atomic mass is 9.69. The highest BCUT2D eigenvalue weighted by atomic mass is 15.1. The average Bonchev–Trinajstić information content (AvgIpc) is 1.65. The van der Waals surface area contributed by atoms with Crippen molar-refractivity contribution in [3.63, 3.8) is 0 Å². The first-order chi connectivity index (χ1) is 42.9. The van der Waals surface area contributed by atoms with Crippen LogP contribution in [-0.4, -0.2) is 0 Å². The maximum Gasteiger partial charge on any atom is 0.0462 e. The molecule has 1 aliphatic carbocycles. The Morgan fingerprint density at radius 2 is 0.614 bits per heavy atom. The lowest BCUT2D eigenvalue weighted by Crippen LogP contribution is -2.27. The summed E-state index contributed by atoms with van der Waals surface area (Å²) < 4.78 is 0. The highest BCUT2D eigenvalue weighted by Crippen LogP contribution is 2.56. The van der Waals surface area contributed by atoms with Crippen LogP contribution in [0.5, 0.6) is 0 Å². The summed E-state index contributed by atoms with van der Waals surface area (Å²) in [6, 6.07) is 71.2. The number of anilines is 6. The zero-order valence-electron chi connectivity index (χ0n) is 56.4. The second-order valence-corrected chi connectivity index (χ2v) is 27.7. The standard InChI is InChI=1S/C86H110N2/c1-11-17-22-24-26-28-62-86(63-29-27-25-23-18-12-2)82-64-71(42-58-80(82)81-59-45-73(65-83(81)86)85(9,10)61-21-15-5)70-40-54-78(55-41-70)87(74-46-32-66(33-47-74)30-19-13-3)76-50-36-68(37-51-76)69-38-52-77(53-39-69)88(75-48-34-67(35-49-75)31-20-14-4)79-56-43-72(44-57-79)84(7,8)60-16-6/h32-59,64-65H,11-31,60-63H2,1-10H3. The van der Waals surface area contributed by atoms with Crippen LogP contribution in [0, 0.1) is 0 Å². The fraction of sp³-hybridized carbons (Fsp3) is 0.442. The largest absolute Gasteiger partial charge is 0.311 e. The third kappa shape index (κ3) is 16.0. The van der Waals surface area contributed by atoms with Crippen LogP contribution in [0.1, 0.15) is 250 Å². The molecule has 0 aliphatic heterocycles. The summed E-state index contributed by atoms with van der Waals surface area (Å²) in [5, 5.41) is 0. The van der Waals surface area contributed by atoms with Gasteiger partial charge in [-0.25, -0.2) is 0 Å². The van der Waals surface area contributed by atoms with Gasteiger partial charge in [0.1, 0.15) is 0 Å². The van der Waals surface area contributed by atoms with E-state index in [-0.39, 0.29) is 16.2 Å². The van der Waals surface area contributed by atoms with Crippen molar-refractivity contribution in [1.29, 1.82) is 0 Å². The van der Waals surface area contributed by atoms with Gasteiger partial charge in [-0.15, -0.1) is 0 Å². The van der Waals surface area contributed by atoms with E-state index < -0.39 is 0 Å². The molecule has 88 heavy (non-hydrogen) atoms. The summed E-state index contributed by atoms with van der Waals surface area (Å²) in [4.78, 5) is 4.87. The molecule has 0 saturated heterocycles. The first-order valence-electron chi connectivity index (χ1n) is 35.4. The van der Waals surface area contributed by atoms with Crippen molar-refractivity contribution in [1.82, 2.24) is 0 Å². The van der Waals surface area contributed by atoms with E-state index in [1.165, 1.54) is 220 Å². The molecule has 0 fully saturated rings. The predicted molar refractivity (Wildman–Crippen MR) is 387 cm³/mol. The molecule has 0 heterocycles. The zero-order chi connectivity index (χ0) is 61.9. The van der Waals surface area contributed by atoms with Crippen molar-refractivity contribution < 1.29 is 0 Å². The molecule has 9 rings (SSSR count). The average molecular weight is 1170 g/mol. The van der Waals surface area contributed by atoms with Crippen LogP contribution < -0.4 is 9.80 Å². The van der Waals surface area contributed by atoms with Gasteiger partial charge in [0, 0.05) is 39.5 Å². The molecule has 0 radical (unpaired) electrons. The Balaban J connectivity index is 1.03. The van der Waals surface area contributed by atoms with Gasteiger partial charge in [-0.3, -0.25) is 0 Å². The van der Waals surface area contributed by atoms with E-state index in [2.05, 4.69) is 261 Å². The second-order valence-electron chi connectivity index (χ2n) is 27.7. The Hall–Kier alpha value is -6.64. The first-order valence-corrected chi connectivity index (χ1v) is 35.4. The number of aryl methyl sites for hydroxylation is 2. The van der Waals surface area contributed by atoms with Crippen LogP contribution in [0.25, 0.3) is 33.4 Å². The van der Waals surface area contributed by atoms with E-state index in [1.54, 1.807) is 11.1 Å². The fourth-order valence-electron chi connectivity index (χ4n) is 14.5. The second kappa shape index (κ2) is 31.7. The van der Waals surface area contributed by atoms with E-state index in [1.807, 2.05) is 0 Å². The number of benzene rings is 8. The number of rotatable bonds is 35. The molecule has 0 aromatic heterocycles. The topological polar surface area (TPSA) is 6.48 Å². The van der Waals surface area contributed by atoms with Gasteiger partial charge >= 0.3 is 0 Å². The summed E-state index contributed by atoms with van der Waals surface area (Å²) in [6.07, 6.45) is 31.4. The smallest absolute Gasteiger partial charge is 0.0462 e. The minimum atomic E-state index is 0.0142. The Morgan fingerprint density at radius 1 is 0.284 bits per heavy atom. The molecule has 1 aliphatic rings. The van der Waals surface area contributed by atoms with E-state index in [4.69, 9.17) is 0 Å². The van der Waals surface area contributed by atoms with E-state index in [0.717, 1.165) is 29.9 Å². The molecule has 2 nitrogen and oxygen atoms in total. The molecule has 0 amide bonds. The zero-order valence-corrected chi connectivity index (χ0v) is 56.4. The Labute approximate surface area is 535 Å². The van der Waals surface area contributed by atoms with Crippen molar-refractivity contribution in [3.8, 4) is 33.4 Å². The minimum Gasteiger partial charge on any atom is -0.311 e. The van der Waals surface area contributed by atoms with E-state index in [0.29, 0.717) is 0 Å². The predicted octanol–water partition coefficient (Wildman–Crippen LogP) is 27.0. The molecule has 0 atom stereocenters. The quantitative estimate of drug-likeness (QED) is 0.0365. The molecule has 8 aromatic carbocycles. The fourth-order valence-corrected chi connectivity index (χ4v) is 14.5. The lowest BCUT2D eigenvalue weighted by molar-refractivity contribution is 0.396. The van der Waals surface area contributed by atoms with Gasteiger partial charge in [-0.2, -0.15) is 0 Å². The van der Waals surface area contributed by atoms with Crippen molar-refractivity contribution in [2.24, 2.45) is 0 Å². The number of hydrogen-bond acceptors (Lipinski definition) is 2. The van der Waals surface area contributed by atoms with Gasteiger partial charge in [-0.05, 0) is 208 Å². The molecule has 0 unspecified atom stereocenters. The minimum absolute atomic E-state index is 0.0142. The maximum absolute atomic E-state index is 2.71. The van der Waals surface area contributed by atoms with Gasteiger partial charge in [0.15, 0.2) is 0 Å². The monoisotopic (exact) mass is 1170 g/mol. The van der Waals surface area contributed by atoms with Gasteiger partial charge in [-0.1, -0.05) is 282 Å². The van der Waals surface area contributed by atoms with Crippen molar-refractivity contribution in [2.75, 3.05) is 9.80 Å². The molecule has 8 aromatic rings. The summed E-state index contributed by atoms with van der Waals surface area (Å²) >= 11 is 0. The molecular weight excluding hydrogens is 1060 g/mol. The number of unbranched alkanes of at least 4 members (excludes halogenated alkanes) is 13. The molecule has 0 N–H and O–H groups in total. The summed E-state index contributed by atoms with van der Waals surface area (Å²) in [5.74, 6) is 0. The SMILES string of the molecule is CCCCCCCCC1(CCCCCCCC)c2cc(-c3ccc(N(c4ccc(CCCC)cc4)c4ccc(-c5ccc(N(c6ccc(CCCC)cc6)c6ccc(C(C)(C)CCC)cc6)cc5)cc4)cc3)ccc2-c2ccc(C(C)(C)CCCC)cc21. The molecule has 0 spiro atoms. The van der Waals surface area contributed by atoms with Gasteiger partial charge in [0.25, 0.3) is 0 Å². The van der Waals surface area contributed by atoms with Crippen molar-refractivity contribution in [3.05, 3.63) is 215 Å². The van der Waals surface area contributed by atoms with Crippen LogP contribution in [0.2, 0.25) is 0 Å². The Morgan fingerprint density at radius 3 is 1.03 bits per heavy atom. The van der Waals surface area contributed by atoms with Crippen LogP contribution in [0.15, 0.2) is 182 Å². The summed E-state index contributed by atoms with van der Waals surface area (Å²) in [5.41, 5.74) is 24.2. The van der Waals surface area contributed by atoms with Gasteiger partial charge < -0.3 is 9.80 Å². The van der Waals surface area contributed by atoms with Crippen LogP contribution >= 0.6 is 0 Å². The number of nitrogens with zero attached hydrogens (tertiary/aromatic N) is 2. The first kappa shape index (κ1) is 65.8. The summed E-state index contributed by atoms with van der Waals surface area (Å²) in [7, 11) is 0. The normalized spacial score (nSPS) is 12.8. The number of hydrogen-bond donors (Lipinski definition) is 0. The molecule has 2 heteroatoms. The van der Waals surface area contributed by atoms with Gasteiger partial charge in [0.05, 0.1) is 0 Å². The van der Waals surface area contributed by atoms with Gasteiger partial charge in [0.2, 0.25) is 0 Å². The van der Waals surface area contributed by atoms with Crippen molar-refractivity contribution in [2.45, 2.75) is 246 Å². The maximum atomic E-state index is 2.71. The lowest BCUT2D eigenvalue weighted by Gasteiger charge is -2.35. The molecule has 0 bridgehead atoms. The molecular formula is C86H110N2. The Kier molecular flexibility index (Phi) is 23.7. The van der Waals surface area contributed by atoms with E-state index >= 15 is 0 Å². The highest BCUT2D eigenvalue weighted by molar-refractivity contribution is 5.86. The third-order valence-corrected chi connectivity index (χ3v) is 20.1. The van der Waals surface area contributed by atoms with Crippen LogP contribution in [0.3, 0.4) is 0 Å². The molecule has 464 valence electrons.